The molecule has 3 N–H and O–H groups in total. The summed E-state index contributed by atoms with van der Waals surface area (Å²) >= 11 is 0. The third kappa shape index (κ3) is 1.74. The molecule has 0 radical (unpaired) electrons. The minimum absolute atomic E-state index is 0.112. The molecule has 1 heterocycles. The van der Waals surface area contributed by atoms with E-state index in [1.807, 2.05) is 0 Å². The fraction of sp³-hybridized carbons (Fsp3) is 0. The minimum atomic E-state index is -3.84. The van der Waals surface area contributed by atoms with Gasteiger partial charge in [0.25, 0.3) is 0 Å². The number of aromatic nitrogens is 2. The Bertz CT molecular complexity index is 675. The number of hydrogen-bond acceptors (Lipinski definition) is 4. The standard InChI is InChI=1S/C8H7N3O3S/c9-15(13,14)6-3-1-2-5-4-10-8(12)11-7(5)6/h1-4H,(H2,9,13,14)(H,10,11,12). The second kappa shape index (κ2) is 3.14. The lowest BCUT2D eigenvalue weighted by molar-refractivity contribution is 0.598. The van der Waals surface area contributed by atoms with Gasteiger partial charge in [-0.15, -0.1) is 0 Å². The van der Waals surface area contributed by atoms with Gasteiger partial charge in [-0.05, 0) is 6.07 Å². The van der Waals surface area contributed by atoms with Crippen molar-refractivity contribution in [3.05, 3.63) is 34.9 Å². The number of para-hydroxylation sites is 1. The molecule has 6 nitrogen and oxygen atoms in total. The summed E-state index contributed by atoms with van der Waals surface area (Å²) in [5, 5.41) is 5.52. The van der Waals surface area contributed by atoms with E-state index in [-0.39, 0.29) is 10.4 Å². The number of hydrogen-bond donors (Lipinski definition) is 2. The molecule has 7 heteroatoms. The zero-order valence-electron chi connectivity index (χ0n) is 7.47. The molecule has 1 aromatic heterocycles. The number of nitrogens with one attached hydrogen (secondary N) is 1. The smallest absolute Gasteiger partial charge is 0.304 e. The number of aromatic amines is 1. The van der Waals surface area contributed by atoms with Crippen molar-refractivity contribution >= 4 is 20.9 Å². The number of primary sulfonamides is 1. The fourth-order valence-electron chi connectivity index (χ4n) is 1.29. The predicted molar refractivity (Wildman–Crippen MR) is 53.7 cm³/mol. The number of sulfonamides is 1. The Morgan fingerprint density at radius 2 is 2.07 bits per heavy atom. The van der Waals surface area contributed by atoms with Gasteiger partial charge in [0.05, 0.1) is 5.52 Å². The maximum Gasteiger partial charge on any atom is 0.345 e. The topological polar surface area (TPSA) is 106 Å². The zero-order chi connectivity index (χ0) is 11.1. The van der Waals surface area contributed by atoms with Crippen LogP contribution in [0.4, 0.5) is 0 Å². The Labute approximate surface area is 84.8 Å². The van der Waals surface area contributed by atoms with E-state index in [0.29, 0.717) is 5.39 Å². The second-order valence-corrected chi connectivity index (χ2v) is 4.48. The molecular formula is C8H7N3O3S. The molecule has 1 aromatic carbocycles. The molecule has 0 saturated heterocycles. The van der Waals surface area contributed by atoms with Crippen LogP contribution < -0.4 is 10.8 Å². The van der Waals surface area contributed by atoms with Crippen molar-refractivity contribution in [2.45, 2.75) is 4.90 Å². The van der Waals surface area contributed by atoms with Crippen LogP contribution in [0.3, 0.4) is 0 Å². The van der Waals surface area contributed by atoms with Crippen LogP contribution in [0.5, 0.6) is 0 Å². The van der Waals surface area contributed by atoms with Crippen LogP contribution in [-0.4, -0.2) is 18.4 Å². The van der Waals surface area contributed by atoms with Crippen LogP contribution in [0.25, 0.3) is 10.9 Å². The van der Waals surface area contributed by atoms with Crippen LogP contribution in [-0.2, 0) is 10.0 Å². The Hall–Kier alpha value is -1.73. The highest BCUT2D eigenvalue weighted by Gasteiger charge is 2.12. The molecule has 2 aromatic rings. The van der Waals surface area contributed by atoms with Crippen LogP contribution in [0.15, 0.2) is 34.1 Å². The van der Waals surface area contributed by atoms with E-state index >= 15 is 0 Å². The van der Waals surface area contributed by atoms with Crippen molar-refractivity contribution in [2.75, 3.05) is 0 Å². The van der Waals surface area contributed by atoms with E-state index in [1.54, 1.807) is 6.07 Å². The van der Waals surface area contributed by atoms with Crippen molar-refractivity contribution in [2.24, 2.45) is 5.14 Å². The molecule has 0 aliphatic rings. The van der Waals surface area contributed by atoms with Gasteiger partial charge in [-0.2, -0.15) is 0 Å². The highest BCUT2D eigenvalue weighted by Crippen LogP contribution is 2.17. The third-order valence-corrected chi connectivity index (χ3v) is 2.87. The molecular weight excluding hydrogens is 218 g/mol. The molecule has 0 amide bonds. The van der Waals surface area contributed by atoms with Crippen molar-refractivity contribution < 1.29 is 8.42 Å². The van der Waals surface area contributed by atoms with Crippen LogP contribution in [0.2, 0.25) is 0 Å². The number of nitrogens with two attached hydrogens (primary N) is 1. The summed E-state index contributed by atoms with van der Waals surface area (Å²) < 4.78 is 22.4. The van der Waals surface area contributed by atoms with E-state index < -0.39 is 15.7 Å². The van der Waals surface area contributed by atoms with Crippen molar-refractivity contribution in [1.29, 1.82) is 0 Å². The first-order valence-electron chi connectivity index (χ1n) is 3.99. The summed E-state index contributed by atoms with van der Waals surface area (Å²) in [5.74, 6) is 0. The molecule has 78 valence electrons. The normalized spacial score (nSPS) is 11.8. The molecule has 0 aliphatic carbocycles. The van der Waals surface area contributed by atoms with E-state index in [9.17, 15) is 13.2 Å². The summed E-state index contributed by atoms with van der Waals surface area (Å²) in [6.07, 6.45) is 1.29. The number of rotatable bonds is 1. The van der Waals surface area contributed by atoms with Crippen LogP contribution >= 0.6 is 0 Å². The van der Waals surface area contributed by atoms with E-state index in [0.717, 1.165) is 0 Å². The quantitative estimate of drug-likeness (QED) is 0.686. The van der Waals surface area contributed by atoms with Gasteiger partial charge >= 0.3 is 5.69 Å². The summed E-state index contributed by atoms with van der Waals surface area (Å²) in [7, 11) is -3.84. The Balaban J connectivity index is 2.99. The molecule has 0 aliphatic heterocycles. The number of nitrogens with zero attached hydrogens (tertiary/aromatic N) is 1. The number of fused-ring (bicyclic) bond motifs is 1. The van der Waals surface area contributed by atoms with Gasteiger partial charge < -0.3 is 4.98 Å². The van der Waals surface area contributed by atoms with Gasteiger partial charge in [-0.1, -0.05) is 12.1 Å². The maximum absolute atomic E-state index is 11.2. The Morgan fingerprint density at radius 1 is 1.33 bits per heavy atom. The minimum Gasteiger partial charge on any atom is -0.304 e. The highest BCUT2D eigenvalue weighted by atomic mass is 32.2. The second-order valence-electron chi connectivity index (χ2n) is 2.95. The van der Waals surface area contributed by atoms with E-state index in [1.165, 1.54) is 18.3 Å². The first-order chi connectivity index (χ1) is 6.98. The molecule has 0 unspecified atom stereocenters. The number of benzene rings is 1. The SMILES string of the molecule is NS(=O)(=O)c1cccc2cnc(=O)[nH]c12. The molecule has 2 rings (SSSR count). The highest BCUT2D eigenvalue weighted by molar-refractivity contribution is 7.89. The van der Waals surface area contributed by atoms with Gasteiger partial charge in [0, 0.05) is 11.6 Å². The monoisotopic (exact) mass is 225 g/mol. The molecule has 15 heavy (non-hydrogen) atoms. The van der Waals surface area contributed by atoms with Gasteiger partial charge in [0.1, 0.15) is 4.90 Å². The molecule has 0 fully saturated rings. The third-order valence-electron chi connectivity index (χ3n) is 1.92. The lowest BCUT2D eigenvalue weighted by Gasteiger charge is -2.02. The predicted octanol–water partition coefficient (Wildman–Crippen LogP) is -0.429. The van der Waals surface area contributed by atoms with Gasteiger partial charge in [-0.25, -0.2) is 23.3 Å². The Morgan fingerprint density at radius 3 is 2.73 bits per heavy atom. The molecule has 0 saturated carbocycles. The first-order valence-corrected chi connectivity index (χ1v) is 5.54. The van der Waals surface area contributed by atoms with E-state index in [2.05, 4.69) is 9.97 Å². The lowest BCUT2D eigenvalue weighted by atomic mass is 10.2. The van der Waals surface area contributed by atoms with Crippen molar-refractivity contribution in [3.63, 3.8) is 0 Å². The first kappa shape index (κ1) is 9.81. The maximum atomic E-state index is 11.2. The lowest BCUT2D eigenvalue weighted by Crippen LogP contribution is -2.16. The average Bonchev–Trinajstić information content (AvgIpc) is 2.15. The summed E-state index contributed by atoms with van der Waals surface area (Å²) in [6, 6.07) is 4.49. The summed E-state index contributed by atoms with van der Waals surface area (Å²) in [6.45, 7) is 0. The number of H-pyrrole nitrogens is 1. The van der Waals surface area contributed by atoms with Gasteiger partial charge in [-0.3, -0.25) is 0 Å². The molecule has 0 bridgehead atoms. The van der Waals surface area contributed by atoms with Crippen molar-refractivity contribution in [1.82, 2.24) is 9.97 Å². The van der Waals surface area contributed by atoms with Gasteiger partial charge in [0.2, 0.25) is 10.0 Å². The Kier molecular flexibility index (Phi) is 2.06. The van der Waals surface area contributed by atoms with Crippen LogP contribution in [0, 0.1) is 0 Å². The largest absolute Gasteiger partial charge is 0.345 e. The average molecular weight is 225 g/mol. The zero-order valence-corrected chi connectivity index (χ0v) is 8.28. The molecule has 0 spiro atoms. The van der Waals surface area contributed by atoms with E-state index in [4.69, 9.17) is 5.14 Å². The van der Waals surface area contributed by atoms with Gasteiger partial charge in [0.15, 0.2) is 0 Å². The summed E-state index contributed by atoms with van der Waals surface area (Å²) in [4.78, 5) is 16.7. The summed E-state index contributed by atoms with van der Waals surface area (Å²) in [5.41, 5.74) is -0.432. The van der Waals surface area contributed by atoms with Crippen LogP contribution in [0.1, 0.15) is 0 Å². The molecule has 0 atom stereocenters. The van der Waals surface area contributed by atoms with Crippen molar-refractivity contribution in [3.8, 4) is 0 Å². The fourth-order valence-corrected chi connectivity index (χ4v) is 2.02.